The first-order valence-corrected chi connectivity index (χ1v) is 14.1. The van der Waals surface area contributed by atoms with Crippen LogP contribution in [0.4, 0.5) is 0 Å². The van der Waals surface area contributed by atoms with E-state index >= 15 is 0 Å². The van der Waals surface area contributed by atoms with Crippen LogP contribution in [0, 0.1) is 17.3 Å². The van der Waals surface area contributed by atoms with Crippen LogP contribution in [0.15, 0.2) is 47.6 Å². The van der Waals surface area contributed by atoms with E-state index in [2.05, 4.69) is 37.8 Å². The smallest absolute Gasteiger partial charge is 0.171 e. The summed E-state index contributed by atoms with van der Waals surface area (Å²) in [6.45, 7) is 9.10. The average Bonchev–Trinajstić information content (AvgIpc) is 3.57. The predicted molar refractivity (Wildman–Crippen MR) is 136 cm³/mol. The number of hydrogen-bond acceptors (Lipinski definition) is 5. The highest BCUT2D eigenvalue weighted by Crippen LogP contribution is 2.70. The third kappa shape index (κ3) is 3.07. The summed E-state index contributed by atoms with van der Waals surface area (Å²) in [5.74, 6) is 0.622. The van der Waals surface area contributed by atoms with Crippen molar-refractivity contribution in [3.05, 3.63) is 58.7 Å². The summed E-state index contributed by atoms with van der Waals surface area (Å²) in [4.78, 5) is 0. The summed E-state index contributed by atoms with van der Waals surface area (Å²) in [6.07, 6.45) is 8.21. The third-order valence-corrected chi connectivity index (χ3v) is 11.2. The van der Waals surface area contributed by atoms with Crippen molar-refractivity contribution in [3.63, 3.8) is 0 Å². The monoisotopic (exact) mass is 492 g/mol. The van der Waals surface area contributed by atoms with Crippen molar-refractivity contribution in [2.45, 2.75) is 94.2 Å². The second kappa shape index (κ2) is 8.00. The largest absolute Gasteiger partial charge is 0.392 e. The molecule has 0 bridgehead atoms. The standard InChI is InChI=1S/C31H40O5/c1-20-10-14-36-31(20)13-9-25-23-7-11-29(33)19-30(34-15-16-35-30)12-8-26(29)27(23)24(17-28(25,31)2)22-5-3-21(18-32)4-6-22/h3-6,23-25,32-33H,1,7-19H2,2H3/t23?,24-,25?,28+,29-,31-/m1/s1. The summed E-state index contributed by atoms with van der Waals surface area (Å²) >= 11 is 0. The first-order chi connectivity index (χ1) is 17.3. The fourth-order valence-electron chi connectivity index (χ4n) is 9.63. The molecule has 0 radical (unpaired) electrons. The first kappa shape index (κ1) is 23.6. The van der Waals surface area contributed by atoms with Gasteiger partial charge in [-0.1, -0.05) is 43.3 Å². The van der Waals surface area contributed by atoms with Gasteiger partial charge in [-0.2, -0.15) is 0 Å². The van der Waals surface area contributed by atoms with Crippen LogP contribution >= 0.6 is 0 Å². The van der Waals surface area contributed by atoms with Crippen LogP contribution in [-0.2, 0) is 20.8 Å². The maximum absolute atomic E-state index is 12.2. The molecule has 4 aliphatic carbocycles. The van der Waals surface area contributed by atoms with E-state index in [9.17, 15) is 10.2 Å². The Kier molecular flexibility index (Phi) is 5.25. The Hall–Kier alpha value is -1.50. The fourth-order valence-corrected chi connectivity index (χ4v) is 9.63. The SMILES string of the molecule is C=C1CCO[C@]12CCC1C3CC[C@@]4(O)CC5(CCC4=C3[C@@H](c3ccc(CO)cc3)C[C@@]12C)OCCO5. The molecule has 2 N–H and O–H groups in total. The number of rotatable bonds is 2. The van der Waals surface area contributed by atoms with Gasteiger partial charge >= 0.3 is 0 Å². The molecule has 5 fully saturated rings. The van der Waals surface area contributed by atoms with Gasteiger partial charge < -0.3 is 24.4 Å². The number of aliphatic hydroxyl groups is 2. The van der Waals surface area contributed by atoms with Gasteiger partial charge in [-0.25, -0.2) is 0 Å². The molecule has 2 heterocycles. The maximum Gasteiger partial charge on any atom is 0.171 e. The van der Waals surface area contributed by atoms with Crippen molar-refractivity contribution in [2.24, 2.45) is 17.3 Å². The second-order valence-electron chi connectivity index (χ2n) is 12.6. The Morgan fingerprint density at radius 2 is 1.75 bits per heavy atom. The lowest BCUT2D eigenvalue weighted by atomic mass is 9.49. The lowest BCUT2D eigenvalue weighted by molar-refractivity contribution is -0.208. The molecule has 6 atom stereocenters. The van der Waals surface area contributed by atoms with Gasteiger partial charge in [0.15, 0.2) is 5.79 Å². The van der Waals surface area contributed by atoms with Crippen LogP contribution < -0.4 is 0 Å². The van der Waals surface area contributed by atoms with Crippen molar-refractivity contribution in [1.29, 1.82) is 0 Å². The first-order valence-electron chi connectivity index (χ1n) is 14.1. The van der Waals surface area contributed by atoms with Crippen LogP contribution in [-0.4, -0.2) is 47.0 Å². The molecule has 1 aromatic carbocycles. The predicted octanol–water partition coefficient (Wildman–Crippen LogP) is 5.16. The van der Waals surface area contributed by atoms with E-state index < -0.39 is 11.4 Å². The fraction of sp³-hybridized carbons (Fsp3) is 0.677. The Labute approximate surface area is 214 Å². The lowest BCUT2D eigenvalue weighted by Gasteiger charge is -2.58. The molecule has 2 unspecified atom stereocenters. The highest BCUT2D eigenvalue weighted by molar-refractivity contribution is 5.45. The molecule has 0 amide bonds. The molecule has 3 saturated carbocycles. The maximum atomic E-state index is 12.2. The summed E-state index contributed by atoms with van der Waals surface area (Å²) in [6, 6.07) is 8.53. The molecule has 194 valence electrons. The Balaban J connectivity index is 1.36. The molecule has 36 heavy (non-hydrogen) atoms. The number of benzene rings is 1. The van der Waals surface area contributed by atoms with Gasteiger partial charge in [-0.3, -0.25) is 0 Å². The van der Waals surface area contributed by atoms with Gasteiger partial charge in [0.25, 0.3) is 0 Å². The minimum Gasteiger partial charge on any atom is -0.392 e. The molecule has 6 aliphatic rings. The number of allylic oxidation sites excluding steroid dienone is 1. The summed E-state index contributed by atoms with van der Waals surface area (Å²) in [5.41, 5.74) is 5.25. The Morgan fingerprint density at radius 3 is 2.44 bits per heavy atom. The van der Waals surface area contributed by atoms with Gasteiger partial charge in [0.05, 0.1) is 37.6 Å². The minimum atomic E-state index is -0.852. The Bertz CT molecular complexity index is 1100. The molecule has 5 nitrogen and oxygen atoms in total. The topological polar surface area (TPSA) is 68.2 Å². The van der Waals surface area contributed by atoms with Gasteiger partial charge in [-0.05, 0) is 79.1 Å². The van der Waals surface area contributed by atoms with Crippen molar-refractivity contribution < 1.29 is 24.4 Å². The zero-order valence-corrected chi connectivity index (χ0v) is 21.6. The van der Waals surface area contributed by atoms with Gasteiger partial charge in [0.2, 0.25) is 0 Å². The van der Waals surface area contributed by atoms with E-state index in [-0.39, 0.29) is 23.5 Å². The van der Waals surface area contributed by atoms with Crippen molar-refractivity contribution >= 4 is 0 Å². The van der Waals surface area contributed by atoms with E-state index in [1.807, 2.05) is 0 Å². The second-order valence-corrected chi connectivity index (χ2v) is 12.6. The normalized spacial score (nSPS) is 43.2. The average molecular weight is 493 g/mol. The Morgan fingerprint density at radius 1 is 0.972 bits per heavy atom. The molecule has 5 heteroatoms. The van der Waals surface area contributed by atoms with E-state index in [0.29, 0.717) is 31.5 Å². The number of aliphatic hydroxyl groups excluding tert-OH is 1. The van der Waals surface area contributed by atoms with Crippen LogP contribution in [0.25, 0.3) is 0 Å². The molecular formula is C31H40O5. The molecule has 2 saturated heterocycles. The molecular weight excluding hydrogens is 452 g/mol. The van der Waals surface area contributed by atoms with E-state index in [1.54, 1.807) is 0 Å². The molecule has 1 aromatic rings. The van der Waals surface area contributed by atoms with Crippen molar-refractivity contribution in [1.82, 2.24) is 0 Å². The van der Waals surface area contributed by atoms with Crippen LogP contribution in [0.1, 0.15) is 81.8 Å². The summed E-state index contributed by atoms with van der Waals surface area (Å²) in [7, 11) is 0. The number of fused-ring (bicyclic) bond motifs is 5. The van der Waals surface area contributed by atoms with E-state index in [4.69, 9.17) is 14.2 Å². The van der Waals surface area contributed by atoms with Crippen molar-refractivity contribution in [2.75, 3.05) is 19.8 Å². The van der Waals surface area contributed by atoms with Crippen molar-refractivity contribution in [3.8, 4) is 0 Å². The molecule has 2 aliphatic heterocycles. The molecule has 0 aromatic heterocycles. The third-order valence-electron chi connectivity index (χ3n) is 11.2. The lowest BCUT2D eigenvalue weighted by Crippen LogP contribution is -2.55. The number of ether oxygens (including phenoxy) is 3. The number of hydrogen-bond donors (Lipinski definition) is 2. The summed E-state index contributed by atoms with van der Waals surface area (Å²) in [5, 5.41) is 21.8. The summed E-state index contributed by atoms with van der Waals surface area (Å²) < 4.78 is 18.8. The zero-order valence-electron chi connectivity index (χ0n) is 21.6. The van der Waals surface area contributed by atoms with Crippen LogP contribution in [0.3, 0.4) is 0 Å². The molecule has 7 rings (SSSR count). The van der Waals surface area contributed by atoms with Crippen LogP contribution in [0.5, 0.6) is 0 Å². The minimum absolute atomic E-state index is 0.0264. The highest BCUT2D eigenvalue weighted by atomic mass is 16.7. The van der Waals surface area contributed by atoms with E-state index in [0.717, 1.165) is 57.1 Å². The highest BCUT2D eigenvalue weighted by Gasteiger charge is 2.67. The van der Waals surface area contributed by atoms with E-state index in [1.165, 1.54) is 28.7 Å². The van der Waals surface area contributed by atoms with Gasteiger partial charge in [0, 0.05) is 24.2 Å². The van der Waals surface area contributed by atoms with Crippen LogP contribution in [0.2, 0.25) is 0 Å². The zero-order chi connectivity index (χ0) is 24.8. The van der Waals surface area contributed by atoms with Gasteiger partial charge in [-0.15, -0.1) is 0 Å². The quantitative estimate of drug-likeness (QED) is 0.558. The molecule has 2 spiro atoms. The van der Waals surface area contributed by atoms with Gasteiger partial charge in [0.1, 0.15) is 0 Å².